The van der Waals surface area contributed by atoms with Crippen LogP contribution in [-0.4, -0.2) is 47.9 Å². The van der Waals surface area contributed by atoms with Crippen LogP contribution in [0.4, 0.5) is 11.9 Å². The van der Waals surface area contributed by atoms with Crippen LogP contribution in [0.15, 0.2) is 0 Å². The number of nitrogens with zero attached hydrogens (tertiary/aromatic N) is 3. The highest BCUT2D eigenvalue weighted by Crippen LogP contribution is 2.10. The summed E-state index contributed by atoms with van der Waals surface area (Å²) in [5.41, 5.74) is 0. The second kappa shape index (κ2) is 10.2. The molecule has 114 valence electrons. The van der Waals surface area contributed by atoms with Crippen molar-refractivity contribution >= 4 is 11.9 Å². The predicted octanol–water partition coefficient (Wildman–Crippen LogP) is 1.93. The van der Waals surface area contributed by atoms with Gasteiger partial charge in [0.25, 0.3) is 0 Å². The summed E-state index contributed by atoms with van der Waals surface area (Å²) in [5.74, 6) is 1.03. The number of hydrogen-bond acceptors (Lipinski definition) is 7. The van der Waals surface area contributed by atoms with Crippen LogP contribution in [-0.2, 0) is 4.74 Å². The van der Waals surface area contributed by atoms with Gasteiger partial charge in [0.1, 0.15) is 6.61 Å². The Morgan fingerprint density at radius 2 is 1.50 bits per heavy atom. The highest BCUT2D eigenvalue weighted by molar-refractivity contribution is 5.35. The summed E-state index contributed by atoms with van der Waals surface area (Å²) < 4.78 is 10.9. The molecule has 7 heteroatoms. The average Bonchev–Trinajstić information content (AvgIpc) is 2.43. The lowest BCUT2D eigenvalue weighted by atomic mass is 10.4. The first-order valence-corrected chi connectivity index (χ1v) is 7.24. The van der Waals surface area contributed by atoms with E-state index in [1.54, 1.807) is 0 Å². The van der Waals surface area contributed by atoms with Crippen molar-refractivity contribution in [1.82, 2.24) is 15.0 Å². The van der Waals surface area contributed by atoms with Crippen LogP contribution in [0.2, 0.25) is 0 Å². The summed E-state index contributed by atoms with van der Waals surface area (Å²) in [4.78, 5) is 12.6. The first kappa shape index (κ1) is 16.4. The van der Waals surface area contributed by atoms with Crippen molar-refractivity contribution in [3.05, 3.63) is 0 Å². The molecule has 0 saturated carbocycles. The van der Waals surface area contributed by atoms with E-state index < -0.39 is 0 Å². The Bertz CT molecular complexity index is 352. The molecular formula is C13H25N5O2. The maximum absolute atomic E-state index is 5.49. The molecule has 0 aliphatic carbocycles. The summed E-state index contributed by atoms with van der Waals surface area (Å²) in [6.07, 6.45) is 2.20. The van der Waals surface area contributed by atoms with Gasteiger partial charge in [-0.05, 0) is 20.3 Å². The number of anilines is 2. The summed E-state index contributed by atoms with van der Waals surface area (Å²) >= 11 is 0. The molecular weight excluding hydrogens is 258 g/mol. The topological polar surface area (TPSA) is 81.2 Å². The lowest BCUT2D eigenvalue weighted by Crippen LogP contribution is -2.13. The lowest BCUT2D eigenvalue weighted by molar-refractivity contribution is 0.0948. The van der Waals surface area contributed by atoms with Gasteiger partial charge in [0.15, 0.2) is 0 Å². The van der Waals surface area contributed by atoms with Gasteiger partial charge in [0.2, 0.25) is 11.9 Å². The third-order valence-electron chi connectivity index (χ3n) is 2.39. The normalized spacial score (nSPS) is 10.3. The Balaban J connectivity index is 2.46. The van der Waals surface area contributed by atoms with Crippen LogP contribution >= 0.6 is 0 Å². The molecule has 0 bridgehead atoms. The second-order valence-corrected chi connectivity index (χ2v) is 4.14. The van der Waals surface area contributed by atoms with E-state index in [1.807, 2.05) is 13.8 Å². The fourth-order valence-electron chi connectivity index (χ4n) is 1.44. The van der Waals surface area contributed by atoms with Gasteiger partial charge < -0.3 is 20.1 Å². The van der Waals surface area contributed by atoms with E-state index in [0.29, 0.717) is 31.1 Å². The molecule has 1 rings (SSSR count). The predicted molar refractivity (Wildman–Crippen MR) is 79.4 cm³/mol. The van der Waals surface area contributed by atoms with E-state index >= 15 is 0 Å². The molecule has 20 heavy (non-hydrogen) atoms. The first-order chi connectivity index (χ1) is 9.80. The SMILES string of the molecule is CCCCOCCOc1nc(NCC)nc(NCC)n1. The number of aromatic nitrogens is 3. The van der Waals surface area contributed by atoms with Gasteiger partial charge in [-0.25, -0.2) is 0 Å². The second-order valence-electron chi connectivity index (χ2n) is 4.14. The van der Waals surface area contributed by atoms with Crippen molar-refractivity contribution in [2.24, 2.45) is 0 Å². The van der Waals surface area contributed by atoms with Crippen molar-refractivity contribution in [3.8, 4) is 6.01 Å². The van der Waals surface area contributed by atoms with Crippen molar-refractivity contribution in [2.75, 3.05) is 43.5 Å². The zero-order valence-corrected chi connectivity index (χ0v) is 12.6. The third-order valence-corrected chi connectivity index (χ3v) is 2.39. The fraction of sp³-hybridized carbons (Fsp3) is 0.769. The minimum absolute atomic E-state index is 0.311. The number of rotatable bonds is 11. The Kier molecular flexibility index (Phi) is 8.37. The van der Waals surface area contributed by atoms with E-state index in [0.717, 1.165) is 32.5 Å². The summed E-state index contributed by atoms with van der Waals surface area (Å²) in [7, 11) is 0. The molecule has 0 aliphatic heterocycles. The molecule has 0 fully saturated rings. The van der Waals surface area contributed by atoms with Gasteiger partial charge in [-0.1, -0.05) is 13.3 Å². The van der Waals surface area contributed by atoms with E-state index in [9.17, 15) is 0 Å². The van der Waals surface area contributed by atoms with Gasteiger partial charge >= 0.3 is 6.01 Å². The van der Waals surface area contributed by atoms with E-state index in [-0.39, 0.29) is 0 Å². The Morgan fingerprint density at radius 3 is 2.05 bits per heavy atom. The Labute approximate surface area is 120 Å². The van der Waals surface area contributed by atoms with Crippen molar-refractivity contribution in [2.45, 2.75) is 33.6 Å². The minimum Gasteiger partial charge on any atom is -0.461 e. The molecule has 1 aromatic rings. The lowest BCUT2D eigenvalue weighted by Gasteiger charge is -2.09. The Morgan fingerprint density at radius 1 is 0.850 bits per heavy atom. The van der Waals surface area contributed by atoms with Crippen molar-refractivity contribution < 1.29 is 9.47 Å². The van der Waals surface area contributed by atoms with Crippen LogP contribution in [0.3, 0.4) is 0 Å². The first-order valence-electron chi connectivity index (χ1n) is 7.24. The quantitative estimate of drug-likeness (QED) is 0.600. The molecule has 0 aliphatic rings. The van der Waals surface area contributed by atoms with Crippen LogP contribution in [0.5, 0.6) is 6.01 Å². The molecule has 7 nitrogen and oxygen atoms in total. The van der Waals surface area contributed by atoms with Crippen LogP contribution in [0, 0.1) is 0 Å². The molecule has 0 radical (unpaired) electrons. The van der Waals surface area contributed by atoms with Gasteiger partial charge in [-0.15, -0.1) is 0 Å². The summed E-state index contributed by atoms with van der Waals surface area (Å²) in [6, 6.07) is 0.311. The highest BCUT2D eigenvalue weighted by atomic mass is 16.5. The van der Waals surface area contributed by atoms with E-state index in [2.05, 4.69) is 32.5 Å². The zero-order valence-electron chi connectivity index (χ0n) is 12.6. The molecule has 2 N–H and O–H groups in total. The smallest absolute Gasteiger partial charge is 0.323 e. The average molecular weight is 283 g/mol. The molecule has 0 aromatic carbocycles. The molecule has 0 amide bonds. The maximum Gasteiger partial charge on any atom is 0.323 e. The van der Waals surface area contributed by atoms with Gasteiger partial charge in [-0.2, -0.15) is 15.0 Å². The van der Waals surface area contributed by atoms with E-state index in [1.165, 1.54) is 0 Å². The Hall–Kier alpha value is -1.63. The zero-order chi connectivity index (χ0) is 14.6. The highest BCUT2D eigenvalue weighted by Gasteiger charge is 2.06. The third kappa shape index (κ3) is 6.51. The maximum atomic E-state index is 5.49. The summed E-state index contributed by atoms with van der Waals surface area (Å²) in [6.45, 7) is 9.34. The fourth-order valence-corrected chi connectivity index (χ4v) is 1.44. The molecule has 0 atom stereocenters. The number of ether oxygens (including phenoxy) is 2. The minimum atomic E-state index is 0.311. The number of hydrogen-bond donors (Lipinski definition) is 2. The van der Waals surface area contributed by atoms with Crippen LogP contribution in [0.25, 0.3) is 0 Å². The largest absolute Gasteiger partial charge is 0.461 e. The summed E-state index contributed by atoms with van der Waals surface area (Å²) in [5, 5.41) is 6.10. The monoisotopic (exact) mass is 283 g/mol. The van der Waals surface area contributed by atoms with Gasteiger partial charge in [-0.3, -0.25) is 0 Å². The van der Waals surface area contributed by atoms with Gasteiger partial charge in [0.05, 0.1) is 6.61 Å². The van der Waals surface area contributed by atoms with Crippen LogP contribution in [0.1, 0.15) is 33.6 Å². The molecule has 1 heterocycles. The molecule has 1 aromatic heterocycles. The van der Waals surface area contributed by atoms with Gasteiger partial charge in [0, 0.05) is 19.7 Å². The van der Waals surface area contributed by atoms with Crippen molar-refractivity contribution in [1.29, 1.82) is 0 Å². The molecule has 0 spiro atoms. The van der Waals surface area contributed by atoms with Crippen LogP contribution < -0.4 is 15.4 Å². The number of nitrogens with one attached hydrogen (secondary N) is 2. The molecule has 0 saturated heterocycles. The molecule has 0 unspecified atom stereocenters. The standard InChI is InChI=1S/C13H25N5O2/c1-4-7-8-19-9-10-20-13-17-11(14-5-2)16-12(18-13)15-6-3/h4-10H2,1-3H3,(H2,14,15,16,17,18). The number of unbranched alkanes of at least 4 members (excludes halogenated alkanes) is 1. The van der Waals surface area contributed by atoms with E-state index in [4.69, 9.17) is 9.47 Å². The van der Waals surface area contributed by atoms with Crippen molar-refractivity contribution in [3.63, 3.8) is 0 Å².